The van der Waals surface area contributed by atoms with Gasteiger partial charge in [0.25, 0.3) is 0 Å². The molecule has 21 heavy (non-hydrogen) atoms. The number of nitrogens with one attached hydrogen (secondary N) is 1. The molecule has 0 saturated heterocycles. The minimum Gasteiger partial charge on any atom is -0.497 e. The van der Waals surface area contributed by atoms with Crippen LogP contribution in [0.3, 0.4) is 0 Å². The van der Waals surface area contributed by atoms with E-state index in [1.165, 1.54) is 5.56 Å². The van der Waals surface area contributed by atoms with Crippen LogP contribution in [0.4, 0.5) is 0 Å². The maximum atomic E-state index is 11.1. The van der Waals surface area contributed by atoms with Crippen LogP contribution in [0, 0.1) is 0 Å². The quantitative estimate of drug-likeness (QED) is 0.503. The molecule has 1 aromatic carbocycles. The lowest BCUT2D eigenvalue weighted by Gasteiger charge is -2.06. The predicted molar refractivity (Wildman–Crippen MR) is 84.7 cm³/mol. The molecule has 4 heteroatoms. The number of esters is 1. The summed E-state index contributed by atoms with van der Waals surface area (Å²) in [6.45, 7) is 4.29. The SMILES string of the molecule is CCOC(=O)CCCCCNCCc1ccc(OC)cc1. The number of benzene rings is 1. The fourth-order valence-electron chi connectivity index (χ4n) is 2.08. The molecular weight excluding hydrogens is 266 g/mol. The van der Waals surface area contributed by atoms with Gasteiger partial charge in [-0.15, -0.1) is 0 Å². The largest absolute Gasteiger partial charge is 0.497 e. The van der Waals surface area contributed by atoms with Crippen molar-refractivity contribution in [3.8, 4) is 5.75 Å². The van der Waals surface area contributed by atoms with Gasteiger partial charge in [-0.2, -0.15) is 0 Å². The van der Waals surface area contributed by atoms with Gasteiger partial charge in [0.15, 0.2) is 0 Å². The van der Waals surface area contributed by atoms with Crippen molar-refractivity contribution >= 4 is 5.97 Å². The van der Waals surface area contributed by atoms with Crippen LogP contribution < -0.4 is 10.1 Å². The van der Waals surface area contributed by atoms with Crippen molar-refractivity contribution in [1.29, 1.82) is 0 Å². The average Bonchev–Trinajstić information content (AvgIpc) is 2.51. The van der Waals surface area contributed by atoms with Crippen LogP contribution in [-0.2, 0) is 16.0 Å². The number of unbranched alkanes of at least 4 members (excludes halogenated alkanes) is 2. The lowest BCUT2D eigenvalue weighted by Crippen LogP contribution is -2.18. The second kappa shape index (κ2) is 11.1. The number of methoxy groups -OCH3 is 1. The Morgan fingerprint density at radius 3 is 2.52 bits per heavy atom. The first-order chi connectivity index (χ1) is 10.3. The second-order valence-corrected chi connectivity index (χ2v) is 4.96. The molecule has 0 aromatic heterocycles. The number of hydrogen-bond donors (Lipinski definition) is 1. The van der Waals surface area contributed by atoms with Gasteiger partial charge < -0.3 is 14.8 Å². The van der Waals surface area contributed by atoms with E-state index < -0.39 is 0 Å². The molecule has 0 unspecified atom stereocenters. The van der Waals surface area contributed by atoms with Crippen molar-refractivity contribution in [2.45, 2.75) is 39.0 Å². The summed E-state index contributed by atoms with van der Waals surface area (Å²) in [4.78, 5) is 11.1. The van der Waals surface area contributed by atoms with E-state index in [9.17, 15) is 4.79 Å². The third kappa shape index (κ3) is 8.35. The minimum absolute atomic E-state index is 0.0787. The van der Waals surface area contributed by atoms with E-state index in [0.29, 0.717) is 13.0 Å². The minimum atomic E-state index is -0.0787. The standard InChI is InChI=1S/C17H27NO3/c1-3-21-17(19)7-5-4-6-13-18-14-12-15-8-10-16(20-2)11-9-15/h8-11,18H,3-7,12-14H2,1-2H3. The topological polar surface area (TPSA) is 47.6 Å². The van der Waals surface area contributed by atoms with Gasteiger partial charge in [0, 0.05) is 6.42 Å². The highest BCUT2D eigenvalue weighted by atomic mass is 16.5. The number of rotatable bonds is 11. The molecular formula is C17H27NO3. The highest BCUT2D eigenvalue weighted by molar-refractivity contribution is 5.69. The molecule has 0 bridgehead atoms. The summed E-state index contributed by atoms with van der Waals surface area (Å²) in [7, 11) is 1.68. The number of carbonyl (C=O) groups is 1. The van der Waals surface area contributed by atoms with Crippen LogP contribution in [-0.4, -0.2) is 32.8 Å². The van der Waals surface area contributed by atoms with E-state index >= 15 is 0 Å². The zero-order valence-corrected chi connectivity index (χ0v) is 13.2. The molecule has 0 spiro atoms. The van der Waals surface area contributed by atoms with Crippen molar-refractivity contribution < 1.29 is 14.3 Å². The van der Waals surface area contributed by atoms with E-state index in [2.05, 4.69) is 17.4 Å². The Morgan fingerprint density at radius 1 is 1.10 bits per heavy atom. The summed E-state index contributed by atoms with van der Waals surface area (Å²) >= 11 is 0. The molecule has 0 saturated carbocycles. The summed E-state index contributed by atoms with van der Waals surface area (Å²) in [5, 5.41) is 3.43. The van der Waals surface area contributed by atoms with Crippen LogP contribution in [0.5, 0.6) is 5.75 Å². The number of ether oxygens (including phenoxy) is 2. The molecule has 1 rings (SSSR count). The fourth-order valence-corrected chi connectivity index (χ4v) is 2.08. The van der Waals surface area contributed by atoms with Gasteiger partial charge in [0.2, 0.25) is 0 Å². The van der Waals surface area contributed by atoms with Crippen molar-refractivity contribution in [3.63, 3.8) is 0 Å². The van der Waals surface area contributed by atoms with Gasteiger partial charge in [0.1, 0.15) is 5.75 Å². The maximum absolute atomic E-state index is 11.1. The fraction of sp³-hybridized carbons (Fsp3) is 0.588. The van der Waals surface area contributed by atoms with Gasteiger partial charge >= 0.3 is 5.97 Å². The van der Waals surface area contributed by atoms with Crippen LogP contribution in [0.25, 0.3) is 0 Å². The summed E-state index contributed by atoms with van der Waals surface area (Å²) in [5.74, 6) is 0.818. The lowest BCUT2D eigenvalue weighted by atomic mass is 10.1. The summed E-state index contributed by atoms with van der Waals surface area (Å²) < 4.78 is 10.0. The summed E-state index contributed by atoms with van der Waals surface area (Å²) in [6.07, 6.45) is 4.64. The summed E-state index contributed by atoms with van der Waals surface area (Å²) in [5.41, 5.74) is 1.31. The molecule has 0 aliphatic rings. The Kier molecular flexibility index (Phi) is 9.29. The Labute approximate surface area is 127 Å². The third-order valence-electron chi connectivity index (χ3n) is 3.29. The zero-order valence-electron chi connectivity index (χ0n) is 13.2. The first-order valence-electron chi connectivity index (χ1n) is 7.75. The van der Waals surface area contributed by atoms with Crippen LogP contribution in [0.2, 0.25) is 0 Å². The molecule has 0 atom stereocenters. The molecule has 0 heterocycles. The Hall–Kier alpha value is -1.55. The molecule has 0 amide bonds. The Balaban J connectivity index is 1.95. The van der Waals surface area contributed by atoms with Crippen molar-refractivity contribution in [3.05, 3.63) is 29.8 Å². The lowest BCUT2D eigenvalue weighted by molar-refractivity contribution is -0.143. The molecule has 0 aliphatic heterocycles. The molecule has 0 fully saturated rings. The summed E-state index contributed by atoms with van der Waals surface area (Å²) in [6, 6.07) is 8.18. The van der Waals surface area contributed by atoms with Gasteiger partial charge in [-0.25, -0.2) is 0 Å². The van der Waals surface area contributed by atoms with Gasteiger partial charge in [-0.1, -0.05) is 18.6 Å². The van der Waals surface area contributed by atoms with Crippen molar-refractivity contribution in [2.75, 3.05) is 26.8 Å². The smallest absolute Gasteiger partial charge is 0.305 e. The third-order valence-corrected chi connectivity index (χ3v) is 3.29. The first kappa shape index (κ1) is 17.5. The molecule has 4 nitrogen and oxygen atoms in total. The van der Waals surface area contributed by atoms with E-state index in [0.717, 1.165) is 44.5 Å². The monoisotopic (exact) mass is 293 g/mol. The number of carbonyl (C=O) groups excluding carboxylic acids is 1. The van der Waals surface area contributed by atoms with E-state index in [1.807, 2.05) is 19.1 Å². The average molecular weight is 293 g/mol. The molecule has 0 aliphatic carbocycles. The normalized spacial score (nSPS) is 10.4. The van der Waals surface area contributed by atoms with Crippen LogP contribution >= 0.6 is 0 Å². The Morgan fingerprint density at radius 2 is 1.86 bits per heavy atom. The van der Waals surface area contributed by atoms with Crippen molar-refractivity contribution in [2.24, 2.45) is 0 Å². The Bertz CT molecular complexity index is 390. The van der Waals surface area contributed by atoms with Gasteiger partial charge in [0.05, 0.1) is 13.7 Å². The highest BCUT2D eigenvalue weighted by Crippen LogP contribution is 2.11. The molecule has 1 N–H and O–H groups in total. The number of hydrogen-bond acceptors (Lipinski definition) is 4. The van der Waals surface area contributed by atoms with Gasteiger partial charge in [-0.3, -0.25) is 4.79 Å². The molecule has 118 valence electrons. The highest BCUT2D eigenvalue weighted by Gasteiger charge is 2.00. The first-order valence-corrected chi connectivity index (χ1v) is 7.75. The van der Waals surface area contributed by atoms with E-state index in [4.69, 9.17) is 9.47 Å². The predicted octanol–water partition coefficient (Wildman–Crippen LogP) is 2.95. The van der Waals surface area contributed by atoms with E-state index in [1.54, 1.807) is 7.11 Å². The van der Waals surface area contributed by atoms with Crippen molar-refractivity contribution in [1.82, 2.24) is 5.32 Å². The molecule has 0 radical (unpaired) electrons. The zero-order chi connectivity index (χ0) is 15.3. The second-order valence-electron chi connectivity index (χ2n) is 4.96. The molecule has 1 aromatic rings. The van der Waals surface area contributed by atoms with Crippen LogP contribution in [0.15, 0.2) is 24.3 Å². The maximum Gasteiger partial charge on any atom is 0.305 e. The van der Waals surface area contributed by atoms with Gasteiger partial charge in [-0.05, 0) is 57.0 Å². The van der Waals surface area contributed by atoms with E-state index in [-0.39, 0.29) is 5.97 Å². The van der Waals surface area contributed by atoms with Crippen LogP contribution in [0.1, 0.15) is 38.2 Å².